The van der Waals surface area contributed by atoms with Gasteiger partial charge in [-0.05, 0) is 24.6 Å². The number of rotatable bonds is 5. The Morgan fingerprint density at radius 3 is 2.48 bits per heavy atom. The lowest BCUT2D eigenvalue weighted by molar-refractivity contribution is -0.274. The Bertz CT molecular complexity index is 738. The first-order valence-corrected chi connectivity index (χ1v) is 7.76. The maximum atomic E-state index is 12.4. The lowest BCUT2D eigenvalue weighted by atomic mass is 10.1. The van der Waals surface area contributed by atoms with Crippen LogP contribution in [0.5, 0.6) is 5.75 Å². The highest BCUT2D eigenvalue weighted by atomic mass is 35.5. The van der Waals surface area contributed by atoms with Gasteiger partial charge < -0.3 is 15.4 Å². The summed E-state index contributed by atoms with van der Waals surface area (Å²) in [5, 5.41) is 5.70. The first-order chi connectivity index (χ1) is 11.8. The summed E-state index contributed by atoms with van der Waals surface area (Å²) >= 11 is 6.06. The van der Waals surface area contributed by atoms with Crippen LogP contribution in [-0.2, 0) is 6.54 Å². The molecular formula is C17H16ClF3N2O2. The highest BCUT2D eigenvalue weighted by Crippen LogP contribution is 2.26. The normalized spacial score (nSPS) is 12.4. The van der Waals surface area contributed by atoms with Crippen molar-refractivity contribution in [1.82, 2.24) is 10.6 Å². The lowest BCUT2D eigenvalue weighted by Crippen LogP contribution is -2.36. The molecule has 0 saturated heterocycles. The highest BCUT2D eigenvalue weighted by molar-refractivity contribution is 6.31. The number of halogens is 4. The van der Waals surface area contributed by atoms with E-state index in [0.29, 0.717) is 5.02 Å². The Morgan fingerprint density at radius 1 is 1.16 bits per heavy atom. The summed E-state index contributed by atoms with van der Waals surface area (Å²) < 4.78 is 41.1. The fourth-order valence-electron chi connectivity index (χ4n) is 2.20. The van der Waals surface area contributed by atoms with E-state index in [4.69, 9.17) is 11.6 Å². The first kappa shape index (κ1) is 18.9. The SMILES string of the molecule is CC(NC(=O)NCc1ccccc1OC(F)(F)F)c1ccccc1Cl. The number of para-hydroxylation sites is 1. The molecule has 2 aromatic rings. The third-order valence-electron chi connectivity index (χ3n) is 3.36. The van der Waals surface area contributed by atoms with E-state index >= 15 is 0 Å². The largest absolute Gasteiger partial charge is 0.573 e. The Balaban J connectivity index is 1.95. The van der Waals surface area contributed by atoms with E-state index < -0.39 is 12.4 Å². The fourth-order valence-corrected chi connectivity index (χ4v) is 2.50. The summed E-state index contributed by atoms with van der Waals surface area (Å²) in [5.74, 6) is -0.352. The Hall–Kier alpha value is -2.41. The first-order valence-electron chi connectivity index (χ1n) is 7.38. The number of carbonyl (C=O) groups is 1. The summed E-state index contributed by atoms with van der Waals surface area (Å²) in [6, 6.07) is 11.8. The number of urea groups is 1. The van der Waals surface area contributed by atoms with Crippen molar-refractivity contribution in [3.63, 3.8) is 0 Å². The third kappa shape index (κ3) is 5.86. The van der Waals surface area contributed by atoms with Crippen molar-refractivity contribution in [3.8, 4) is 5.75 Å². The van der Waals surface area contributed by atoms with Crippen LogP contribution in [0.1, 0.15) is 24.1 Å². The number of hydrogen-bond donors (Lipinski definition) is 2. The Kier molecular flexibility index (Phi) is 6.14. The number of benzene rings is 2. The van der Waals surface area contributed by atoms with Crippen molar-refractivity contribution in [2.75, 3.05) is 0 Å². The molecule has 1 unspecified atom stereocenters. The minimum absolute atomic E-state index is 0.118. The van der Waals surface area contributed by atoms with Crippen molar-refractivity contribution < 1.29 is 22.7 Å². The summed E-state index contributed by atoms with van der Waals surface area (Å²) in [5.41, 5.74) is 0.945. The van der Waals surface area contributed by atoms with Gasteiger partial charge in [0, 0.05) is 17.1 Å². The summed E-state index contributed by atoms with van der Waals surface area (Å²) in [7, 11) is 0. The zero-order chi connectivity index (χ0) is 18.4. The van der Waals surface area contributed by atoms with Crippen LogP contribution in [0.4, 0.5) is 18.0 Å². The zero-order valence-corrected chi connectivity index (χ0v) is 14.0. The number of carbonyl (C=O) groups excluding carboxylic acids is 1. The van der Waals surface area contributed by atoms with Crippen molar-refractivity contribution >= 4 is 17.6 Å². The molecule has 0 heterocycles. The van der Waals surface area contributed by atoms with Crippen molar-refractivity contribution in [1.29, 1.82) is 0 Å². The number of amides is 2. The van der Waals surface area contributed by atoms with Crippen LogP contribution in [0, 0.1) is 0 Å². The summed E-state index contributed by atoms with van der Waals surface area (Å²) in [6.07, 6.45) is -4.79. The molecule has 134 valence electrons. The van der Waals surface area contributed by atoms with Gasteiger partial charge in [-0.1, -0.05) is 48.0 Å². The predicted molar refractivity (Wildman–Crippen MR) is 88.4 cm³/mol. The van der Waals surface area contributed by atoms with E-state index in [9.17, 15) is 18.0 Å². The number of alkyl halides is 3. The number of ether oxygens (including phenoxy) is 1. The Morgan fingerprint density at radius 2 is 1.80 bits per heavy atom. The quantitative estimate of drug-likeness (QED) is 0.792. The van der Waals surface area contributed by atoms with Gasteiger partial charge in [0.1, 0.15) is 5.75 Å². The number of nitrogens with one attached hydrogen (secondary N) is 2. The molecule has 2 N–H and O–H groups in total. The molecule has 0 bridgehead atoms. The van der Waals surface area contributed by atoms with Gasteiger partial charge in [-0.3, -0.25) is 0 Å². The van der Waals surface area contributed by atoms with E-state index in [1.807, 2.05) is 0 Å². The highest BCUT2D eigenvalue weighted by Gasteiger charge is 2.32. The molecule has 0 aliphatic carbocycles. The molecule has 0 aromatic heterocycles. The van der Waals surface area contributed by atoms with E-state index in [-0.39, 0.29) is 23.9 Å². The van der Waals surface area contributed by atoms with Crippen LogP contribution in [0.25, 0.3) is 0 Å². The molecule has 2 rings (SSSR count). The van der Waals surface area contributed by atoms with Gasteiger partial charge in [0.25, 0.3) is 0 Å². The van der Waals surface area contributed by atoms with Crippen molar-refractivity contribution in [2.24, 2.45) is 0 Å². The van der Waals surface area contributed by atoms with Gasteiger partial charge in [0.05, 0.1) is 6.04 Å². The van der Waals surface area contributed by atoms with Gasteiger partial charge in [-0.2, -0.15) is 0 Å². The molecule has 0 spiro atoms. The van der Waals surface area contributed by atoms with E-state index in [1.54, 1.807) is 37.3 Å². The second-order valence-corrected chi connectivity index (χ2v) is 5.63. The average molecular weight is 373 g/mol. The molecule has 0 radical (unpaired) electrons. The van der Waals surface area contributed by atoms with E-state index in [2.05, 4.69) is 15.4 Å². The fraction of sp³-hybridized carbons (Fsp3) is 0.235. The van der Waals surface area contributed by atoms with Crippen LogP contribution in [0.15, 0.2) is 48.5 Å². The van der Waals surface area contributed by atoms with Gasteiger partial charge in [-0.15, -0.1) is 13.2 Å². The van der Waals surface area contributed by atoms with Crippen molar-refractivity contribution in [3.05, 3.63) is 64.7 Å². The monoisotopic (exact) mass is 372 g/mol. The summed E-state index contributed by atoms with van der Waals surface area (Å²) in [6.45, 7) is 1.63. The average Bonchev–Trinajstić information content (AvgIpc) is 2.53. The minimum Gasteiger partial charge on any atom is -0.405 e. The van der Waals surface area contributed by atoms with E-state index in [0.717, 1.165) is 5.56 Å². The molecule has 2 amide bonds. The molecule has 4 nitrogen and oxygen atoms in total. The zero-order valence-electron chi connectivity index (χ0n) is 13.2. The topological polar surface area (TPSA) is 50.4 Å². The molecule has 25 heavy (non-hydrogen) atoms. The predicted octanol–water partition coefficient (Wildman–Crippen LogP) is 4.80. The molecule has 0 fully saturated rings. The molecule has 0 saturated carbocycles. The standard InChI is InChI=1S/C17H16ClF3N2O2/c1-11(13-7-3-4-8-14(13)18)23-16(24)22-10-12-6-2-5-9-15(12)25-17(19,20)21/h2-9,11H,10H2,1H3,(H2,22,23,24). The van der Waals surface area contributed by atoms with Crippen LogP contribution < -0.4 is 15.4 Å². The second kappa shape index (κ2) is 8.11. The van der Waals surface area contributed by atoms with Crippen LogP contribution >= 0.6 is 11.6 Å². The van der Waals surface area contributed by atoms with Gasteiger partial charge in [-0.25, -0.2) is 4.79 Å². The third-order valence-corrected chi connectivity index (χ3v) is 3.70. The van der Waals surface area contributed by atoms with Crippen LogP contribution in [0.2, 0.25) is 5.02 Å². The maximum absolute atomic E-state index is 12.4. The molecule has 2 aromatic carbocycles. The smallest absolute Gasteiger partial charge is 0.405 e. The van der Waals surface area contributed by atoms with Gasteiger partial charge in [0.2, 0.25) is 0 Å². The lowest BCUT2D eigenvalue weighted by Gasteiger charge is -2.17. The molecule has 0 aliphatic heterocycles. The molecular weight excluding hydrogens is 357 g/mol. The Labute approximate surface area is 147 Å². The second-order valence-electron chi connectivity index (χ2n) is 5.23. The van der Waals surface area contributed by atoms with Gasteiger partial charge in [0.15, 0.2) is 0 Å². The summed E-state index contributed by atoms with van der Waals surface area (Å²) in [4.78, 5) is 12.0. The minimum atomic E-state index is -4.79. The van der Waals surface area contributed by atoms with Crippen LogP contribution in [0.3, 0.4) is 0 Å². The van der Waals surface area contributed by atoms with Crippen LogP contribution in [-0.4, -0.2) is 12.4 Å². The molecule has 1 atom stereocenters. The maximum Gasteiger partial charge on any atom is 0.573 e. The van der Waals surface area contributed by atoms with E-state index in [1.165, 1.54) is 18.2 Å². The number of hydrogen-bond acceptors (Lipinski definition) is 2. The molecule has 8 heteroatoms. The van der Waals surface area contributed by atoms with Gasteiger partial charge >= 0.3 is 12.4 Å². The van der Waals surface area contributed by atoms with Crippen molar-refractivity contribution in [2.45, 2.75) is 25.9 Å². The molecule has 0 aliphatic rings.